The summed E-state index contributed by atoms with van der Waals surface area (Å²) < 4.78 is 5.65. The van der Waals surface area contributed by atoms with Gasteiger partial charge in [0.15, 0.2) is 0 Å². The lowest BCUT2D eigenvalue weighted by Crippen LogP contribution is -2.41. The Balaban J connectivity index is 2.77. The van der Waals surface area contributed by atoms with Crippen LogP contribution in [0.1, 0.15) is 53.4 Å². The molecule has 2 nitrogen and oxygen atoms in total. The van der Waals surface area contributed by atoms with Gasteiger partial charge >= 0.3 is 5.97 Å². The summed E-state index contributed by atoms with van der Waals surface area (Å²) in [4.78, 5) is 11.4. The van der Waals surface area contributed by atoms with Crippen LogP contribution in [-0.4, -0.2) is 11.6 Å². The molecule has 0 spiro atoms. The van der Waals surface area contributed by atoms with Crippen LogP contribution in [0.5, 0.6) is 0 Å². The van der Waals surface area contributed by atoms with Gasteiger partial charge in [0, 0.05) is 12.8 Å². The minimum atomic E-state index is -0.243. The zero-order valence-electron chi connectivity index (χ0n) is 10.3. The maximum absolute atomic E-state index is 11.4. The van der Waals surface area contributed by atoms with Crippen LogP contribution >= 0.6 is 0 Å². The first-order chi connectivity index (χ1) is 7.00. The minimum absolute atomic E-state index is 0.0725. The molecule has 0 radical (unpaired) electrons. The van der Waals surface area contributed by atoms with Crippen molar-refractivity contribution in [2.75, 3.05) is 0 Å². The topological polar surface area (TPSA) is 26.3 Å². The van der Waals surface area contributed by atoms with E-state index in [0.717, 1.165) is 19.3 Å². The van der Waals surface area contributed by atoms with Crippen molar-refractivity contribution in [1.29, 1.82) is 0 Å². The van der Waals surface area contributed by atoms with Gasteiger partial charge in [-0.3, -0.25) is 4.79 Å². The van der Waals surface area contributed by atoms with Gasteiger partial charge in [-0.15, -0.1) is 0 Å². The van der Waals surface area contributed by atoms with Crippen molar-refractivity contribution in [2.24, 2.45) is 5.92 Å². The lowest BCUT2D eigenvalue weighted by atomic mass is 9.78. The van der Waals surface area contributed by atoms with Crippen LogP contribution in [0.15, 0.2) is 11.6 Å². The van der Waals surface area contributed by atoms with Gasteiger partial charge in [0.2, 0.25) is 0 Å². The Hall–Kier alpha value is -0.790. The zero-order chi connectivity index (χ0) is 11.5. The van der Waals surface area contributed by atoms with Crippen LogP contribution in [-0.2, 0) is 9.53 Å². The van der Waals surface area contributed by atoms with E-state index in [1.165, 1.54) is 5.57 Å². The van der Waals surface area contributed by atoms with Crippen molar-refractivity contribution < 1.29 is 9.53 Å². The molecular weight excluding hydrogens is 188 g/mol. The predicted molar refractivity (Wildman–Crippen MR) is 61.6 cm³/mol. The minimum Gasteiger partial charge on any atom is -0.458 e. The molecule has 1 atom stereocenters. The van der Waals surface area contributed by atoms with E-state index in [-0.39, 0.29) is 11.6 Å². The van der Waals surface area contributed by atoms with E-state index >= 15 is 0 Å². The Labute approximate surface area is 92.7 Å². The molecule has 0 heterocycles. The third kappa shape index (κ3) is 2.83. The van der Waals surface area contributed by atoms with E-state index in [4.69, 9.17) is 4.74 Å². The molecule has 0 aromatic heterocycles. The van der Waals surface area contributed by atoms with Crippen LogP contribution in [0, 0.1) is 5.92 Å². The molecule has 86 valence electrons. The highest BCUT2D eigenvalue weighted by Gasteiger charge is 2.37. The quantitative estimate of drug-likeness (QED) is 0.526. The van der Waals surface area contributed by atoms with Crippen molar-refractivity contribution in [3.8, 4) is 0 Å². The summed E-state index contributed by atoms with van der Waals surface area (Å²) in [5.74, 6) is 0.314. The lowest BCUT2D eigenvalue weighted by molar-refractivity contribution is -0.166. The average Bonchev–Trinajstić information content (AvgIpc) is 2.21. The van der Waals surface area contributed by atoms with Crippen LogP contribution in [0.3, 0.4) is 0 Å². The number of hydrogen-bond acceptors (Lipinski definition) is 2. The molecule has 0 saturated carbocycles. The normalized spacial score (nSPS) is 26.3. The SMILES string of the molecule is CCC(=O)OC1(C(C)C)CC=C(C)CC1. The highest BCUT2D eigenvalue weighted by Crippen LogP contribution is 2.37. The summed E-state index contributed by atoms with van der Waals surface area (Å²) in [6.45, 7) is 8.26. The van der Waals surface area contributed by atoms with Gasteiger partial charge < -0.3 is 4.74 Å². The van der Waals surface area contributed by atoms with Gasteiger partial charge in [0.25, 0.3) is 0 Å². The molecule has 0 N–H and O–H groups in total. The smallest absolute Gasteiger partial charge is 0.306 e. The number of allylic oxidation sites excluding steroid dienone is 1. The van der Waals surface area contributed by atoms with Crippen LogP contribution in [0.4, 0.5) is 0 Å². The molecule has 0 amide bonds. The second-order valence-corrected chi connectivity index (χ2v) is 4.80. The first kappa shape index (κ1) is 12.3. The third-order valence-electron chi connectivity index (χ3n) is 3.40. The molecule has 1 aliphatic carbocycles. The summed E-state index contributed by atoms with van der Waals surface area (Å²) >= 11 is 0. The Morgan fingerprint density at radius 2 is 2.27 bits per heavy atom. The molecule has 0 saturated heterocycles. The average molecular weight is 210 g/mol. The first-order valence-electron chi connectivity index (χ1n) is 5.87. The van der Waals surface area contributed by atoms with Gasteiger partial charge in [-0.25, -0.2) is 0 Å². The zero-order valence-corrected chi connectivity index (χ0v) is 10.3. The third-order valence-corrected chi connectivity index (χ3v) is 3.40. The number of carbonyl (C=O) groups excluding carboxylic acids is 1. The molecule has 1 aliphatic rings. The van der Waals surface area contributed by atoms with E-state index in [1.807, 2.05) is 6.92 Å². The van der Waals surface area contributed by atoms with E-state index in [0.29, 0.717) is 12.3 Å². The van der Waals surface area contributed by atoms with Gasteiger partial charge in [0.1, 0.15) is 5.60 Å². The molecule has 0 aliphatic heterocycles. The maximum Gasteiger partial charge on any atom is 0.306 e. The molecule has 0 aromatic carbocycles. The molecular formula is C13H22O2. The molecule has 0 fully saturated rings. The fourth-order valence-electron chi connectivity index (χ4n) is 1.99. The predicted octanol–water partition coefficient (Wildman–Crippen LogP) is 3.46. The fraction of sp³-hybridized carbons (Fsp3) is 0.769. The summed E-state index contributed by atoms with van der Waals surface area (Å²) in [7, 11) is 0. The summed E-state index contributed by atoms with van der Waals surface area (Å²) in [5, 5.41) is 0. The van der Waals surface area contributed by atoms with Crippen molar-refractivity contribution >= 4 is 5.97 Å². The highest BCUT2D eigenvalue weighted by atomic mass is 16.6. The van der Waals surface area contributed by atoms with Crippen LogP contribution in [0.25, 0.3) is 0 Å². The van der Waals surface area contributed by atoms with Crippen LogP contribution < -0.4 is 0 Å². The largest absolute Gasteiger partial charge is 0.458 e. The summed E-state index contributed by atoms with van der Waals surface area (Å²) in [6.07, 6.45) is 5.58. The summed E-state index contributed by atoms with van der Waals surface area (Å²) in [6, 6.07) is 0. The second-order valence-electron chi connectivity index (χ2n) is 4.80. The van der Waals surface area contributed by atoms with Gasteiger partial charge in [-0.05, 0) is 25.7 Å². The van der Waals surface area contributed by atoms with Crippen molar-refractivity contribution in [1.82, 2.24) is 0 Å². The molecule has 0 aromatic rings. The Bertz CT molecular complexity index is 266. The van der Waals surface area contributed by atoms with E-state index < -0.39 is 0 Å². The van der Waals surface area contributed by atoms with Gasteiger partial charge in [-0.1, -0.05) is 32.4 Å². The summed E-state index contributed by atoms with van der Waals surface area (Å²) in [5.41, 5.74) is 1.17. The number of rotatable bonds is 3. The van der Waals surface area contributed by atoms with Crippen molar-refractivity contribution in [3.63, 3.8) is 0 Å². The Morgan fingerprint density at radius 1 is 1.60 bits per heavy atom. The lowest BCUT2D eigenvalue weighted by Gasteiger charge is -2.39. The molecule has 2 heteroatoms. The Kier molecular flexibility index (Phi) is 3.95. The van der Waals surface area contributed by atoms with Gasteiger partial charge in [0.05, 0.1) is 0 Å². The van der Waals surface area contributed by atoms with Gasteiger partial charge in [-0.2, -0.15) is 0 Å². The monoisotopic (exact) mass is 210 g/mol. The maximum atomic E-state index is 11.4. The number of esters is 1. The number of hydrogen-bond donors (Lipinski definition) is 0. The van der Waals surface area contributed by atoms with E-state index in [2.05, 4.69) is 26.8 Å². The van der Waals surface area contributed by atoms with Crippen LogP contribution in [0.2, 0.25) is 0 Å². The Morgan fingerprint density at radius 3 is 2.67 bits per heavy atom. The number of carbonyl (C=O) groups is 1. The van der Waals surface area contributed by atoms with Crippen molar-refractivity contribution in [3.05, 3.63) is 11.6 Å². The van der Waals surface area contributed by atoms with E-state index in [9.17, 15) is 4.79 Å². The first-order valence-corrected chi connectivity index (χ1v) is 5.87. The fourth-order valence-corrected chi connectivity index (χ4v) is 1.99. The highest BCUT2D eigenvalue weighted by molar-refractivity contribution is 5.69. The molecule has 15 heavy (non-hydrogen) atoms. The number of ether oxygens (including phenoxy) is 1. The van der Waals surface area contributed by atoms with E-state index in [1.54, 1.807) is 0 Å². The molecule has 1 unspecified atom stereocenters. The molecule has 1 rings (SSSR count). The second kappa shape index (κ2) is 4.82. The van der Waals surface area contributed by atoms with Crippen molar-refractivity contribution in [2.45, 2.75) is 59.0 Å². The standard InChI is InChI=1S/C13H22O2/c1-5-12(14)15-13(10(2)3)8-6-11(4)7-9-13/h6,10H,5,7-9H2,1-4H3. The molecule has 0 bridgehead atoms.